The molecular formula is C15H29NO2. The summed E-state index contributed by atoms with van der Waals surface area (Å²) in [5.41, 5.74) is 1.39. The average molecular weight is 255 g/mol. The average Bonchev–Trinajstić information content (AvgIpc) is 2.38. The van der Waals surface area contributed by atoms with E-state index in [4.69, 9.17) is 4.74 Å². The first-order valence-corrected chi connectivity index (χ1v) is 7.21. The monoisotopic (exact) mass is 255 g/mol. The highest BCUT2D eigenvalue weighted by molar-refractivity contribution is 5.68. The van der Waals surface area contributed by atoms with Crippen LogP contribution in [0.2, 0.25) is 0 Å². The lowest BCUT2D eigenvalue weighted by atomic mass is 9.84. The molecule has 18 heavy (non-hydrogen) atoms. The maximum absolute atomic E-state index is 11.8. The minimum absolute atomic E-state index is 0.170. The van der Waals surface area contributed by atoms with Crippen molar-refractivity contribution >= 4 is 6.09 Å². The zero-order valence-electron chi connectivity index (χ0n) is 12.8. The van der Waals surface area contributed by atoms with Crippen LogP contribution >= 0.6 is 0 Å². The van der Waals surface area contributed by atoms with Gasteiger partial charge < -0.3 is 9.64 Å². The van der Waals surface area contributed by atoms with Crippen LogP contribution in [0.15, 0.2) is 11.6 Å². The van der Waals surface area contributed by atoms with Gasteiger partial charge in [0.15, 0.2) is 0 Å². The normalized spacial score (nSPS) is 22.4. The number of allylic oxidation sites excluding steroid dienone is 1. The van der Waals surface area contributed by atoms with Crippen molar-refractivity contribution in [3.05, 3.63) is 11.6 Å². The molecule has 0 bridgehead atoms. The van der Waals surface area contributed by atoms with Crippen LogP contribution in [0.3, 0.4) is 0 Å². The summed E-state index contributed by atoms with van der Waals surface area (Å²) < 4.78 is 5.10. The third kappa shape index (κ3) is 4.35. The molecule has 1 amide bonds. The summed E-state index contributed by atoms with van der Waals surface area (Å²) >= 11 is 0. The van der Waals surface area contributed by atoms with Crippen LogP contribution in [-0.2, 0) is 4.74 Å². The van der Waals surface area contributed by atoms with E-state index in [9.17, 15) is 4.79 Å². The fraction of sp³-hybridized carbons (Fsp3) is 0.800. The Morgan fingerprint density at radius 2 is 2.06 bits per heavy atom. The Morgan fingerprint density at radius 3 is 2.56 bits per heavy atom. The second-order valence-electron chi connectivity index (χ2n) is 4.37. The molecule has 0 aliphatic heterocycles. The summed E-state index contributed by atoms with van der Waals surface area (Å²) in [6.07, 6.45) is 4.22. The molecular weight excluding hydrogens is 226 g/mol. The Bertz CT molecular complexity index is 274. The predicted molar refractivity (Wildman–Crippen MR) is 76.7 cm³/mol. The summed E-state index contributed by atoms with van der Waals surface area (Å²) in [5, 5.41) is 0. The molecule has 2 atom stereocenters. The van der Waals surface area contributed by atoms with Gasteiger partial charge in [-0.2, -0.15) is 0 Å². The first kappa shape index (κ1) is 17.0. The van der Waals surface area contributed by atoms with Gasteiger partial charge in [-0.25, -0.2) is 4.79 Å². The molecule has 1 rings (SSSR count). The van der Waals surface area contributed by atoms with E-state index in [0.717, 1.165) is 19.4 Å². The van der Waals surface area contributed by atoms with E-state index in [-0.39, 0.29) is 6.09 Å². The Balaban J connectivity index is 0.00000137. The van der Waals surface area contributed by atoms with E-state index in [1.807, 2.05) is 32.6 Å². The van der Waals surface area contributed by atoms with Crippen molar-refractivity contribution in [2.75, 3.05) is 13.2 Å². The van der Waals surface area contributed by atoms with Gasteiger partial charge in [0, 0.05) is 12.6 Å². The summed E-state index contributed by atoms with van der Waals surface area (Å²) in [4.78, 5) is 13.7. The fourth-order valence-corrected chi connectivity index (χ4v) is 2.35. The van der Waals surface area contributed by atoms with Crippen LogP contribution in [0, 0.1) is 5.92 Å². The zero-order chi connectivity index (χ0) is 14.1. The summed E-state index contributed by atoms with van der Waals surface area (Å²) in [5.74, 6) is 0.443. The Labute approximate surface area is 112 Å². The van der Waals surface area contributed by atoms with Gasteiger partial charge in [0.25, 0.3) is 0 Å². The lowest BCUT2D eigenvalue weighted by molar-refractivity contribution is 0.0799. The molecule has 1 aliphatic rings. The molecule has 0 heterocycles. The molecule has 0 saturated carbocycles. The van der Waals surface area contributed by atoms with Crippen LogP contribution in [0.5, 0.6) is 0 Å². The number of carbonyl (C=O) groups is 1. The highest BCUT2D eigenvalue weighted by Crippen LogP contribution is 2.28. The molecule has 0 aromatic rings. The Morgan fingerprint density at radius 1 is 1.44 bits per heavy atom. The van der Waals surface area contributed by atoms with Crippen molar-refractivity contribution < 1.29 is 9.53 Å². The quantitative estimate of drug-likeness (QED) is 0.706. The maximum Gasteiger partial charge on any atom is 0.410 e. The molecule has 106 valence electrons. The minimum Gasteiger partial charge on any atom is -0.450 e. The van der Waals surface area contributed by atoms with Gasteiger partial charge in [-0.3, -0.25) is 0 Å². The van der Waals surface area contributed by atoms with Gasteiger partial charge in [-0.05, 0) is 39.5 Å². The number of nitrogens with zero attached hydrogens (tertiary/aromatic N) is 1. The smallest absolute Gasteiger partial charge is 0.410 e. The zero-order valence-corrected chi connectivity index (χ0v) is 12.8. The number of rotatable bonds is 3. The SMILES string of the molecule is CC.CCOC(=O)N(CC)C1CCC=C(C)C1C. The van der Waals surface area contributed by atoms with Gasteiger partial charge in [-0.1, -0.05) is 32.4 Å². The Kier molecular flexibility index (Phi) is 8.51. The topological polar surface area (TPSA) is 29.5 Å². The van der Waals surface area contributed by atoms with Crippen molar-refractivity contribution in [3.8, 4) is 0 Å². The molecule has 3 heteroatoms. The van der Waals surface area contributed by atoms with E-state index in [2.05, 4.69) is 19.9 Å². The van der Waals surface area contributed by atoms with Crippen LogP contribution in [0.4, 0.5) is 4.79 Å². The molecule has 0 spiro atoms. The fourth-order valence-electron chi connectivity index (χ4n) is 2.35. The first-order valence-electron chi connectivity index (χ1n) is 7.21. The van der Waals surface area contributed by atoms with Crippen molar-refractivity contribution in [1.29, 1.82) is 0 Å². The van der Waals surface area contributed by atoms with Crippen molar-refractivity contribution in [2.45, 2.75) is 60.4 Å². The number of carbonyl (C=O) groups excluding carboxylic acids is 1. The van der Waals surface area contributed by atoms with Crippen molar-refractivity contribution in [1.82, 2.24) is 4.90 Å². The number of amides is 1. The number of hydrogen-bond acceptors (Lipinski definition) is 2. The molecule has 0 fully saturated rings. The van der Waals surface area contributed by atoms with Crippen LogP contribution in [0.1, 0.15) is 54.4 Å². The standard InChI is InChI=1S/C13H23NO2.C2H6/c1-5-14(13(15)16-6-2)12-9-7-8-10(3)11(12)4;1-2/h8,11-12H,5-7,9H2,1-4H3;1-2H3. The lowest BCUT2D eigenvalue weighted by Gasteiger charge is -2.37. The first-order chi connectivity index (χ1) is 8.61. The van der Waals surface area contributed by atoms with Crippen molar-refractivity contribution in [3.63, 3.8) is 0 Å². The van der Waals surface area contributed by atoms with Crippen LogP contribution < -0.4 is 0 Å². The molecule has 3 nitrogen and oxygen atoms in total. The molecule has 0 radical (unpaired) electrons. The third-order valence-electron chi connectivity index (χ3n) is 3.47. The van der Waals surface area contributed by atoms with E-state index in [1.165, 1.54) is 5.57 Å². The van der Waals surface area contributed by atoms with E-state index >= 15 is 0 Å². The van der Waals surface area contributed by atoms with Crippen LogP contribution in [0.25, 0.3) is 0 Å². The van der Waals surface area contributed by atoms with E-state index < -0.39 is 0 Å². The molecule has 0 aromatic carbocycles. The number of hydrogen-bond donors (Lipinski definition) is 0. The summed E-state index contributed by atoms with van der Waals surface area (Å²) in [7, 11) is 0. The second kappa shape index (κ2) is 9.01. The maximum atomic E-state index is 11.8. The van der Waals surface area contributed by atoms with E-state index in [1.54, 1.807) is 0 Å². The highest BCUT2D eigenvalue weighted by atomic mass is 16.6. The second-order valence-corrected chi connectivity index (χ2v) is 4.37. The van der Waals surface area contributed by atoms with Gasteiger partial charge >= 0.3 is 6.09 Å². The van der Waals surface area contributed by atoms with Gasteiger partial charge in [0.1, 0.15) is 0 Å². The van der Waals surface area contributed by atoms with Crippen molar-refractivity contribution in [2.24, 2.45) is 5.92 Å². The van der Waals surface area contributed by atoms with Gasteiger partial charge in [0.05, 0.1) is 6.61 Å². The summed E-state index contributed by atoms with van der Waals surface area (Å²) in [6, 6.07) is 0.300. The van der Waals surface area contributed by atoms with Gasteiger partial charge in [0.2, 0.25) is 0 Å². The molecule has 0 N–H and O–H groups in total. The highest BCUT2D eigenvalue weighted by Gasteiger charge is 2.30. The molecule has 0 saturated heterocycles. The lowest BCUT2D eigenvalue weighted by Crippen LogP contribution is -2.45. The van der Waals surface area contributed by atoms with Gasteiger partial charge in [-0.15, -0.1) is 0 Å². The van der Waals surface area contributed by atoms with Crippen LogP contribution in [-0.4, -0.2) is 30.2 Å². The molecule has 2 unspecified atom stereocenters. The number of ether oxygens (including phenoxy) is 1. The minimum atomic E-state index is -0.170. The molecule has 1 aliphatic carbocycles. The largest absolute Gasteiger partial charge is 0.450 e. The molecule has 0 aromatic heterocycles. The summed E-state index contributed by atoms with van der Waals surface area (Å²) in [6.45, 7) is 13.4. The third-order valence-corrected chi connectivity index (χ3v) is 3.47. The Hall–Kier alpha value is -0.990. The predicted octanol–water partition coefficient (Wildman–Crippen LogP) is 4.24. The van der Waals surface area contributed by atoms with E-state index in [0.29, 0.717) is 18.6 Å².